The number of ketones is 2. The van der Waals surface area contributed by atoms with Crippen molar-refractivity contribution in [2.45, 2.75) is 26.7 Å². The molecule has 0 unspecified atom stereocenters. The number of hydrogen-bond acceptors (Lipinski definition) is 4. The van der Waals surface area contributed by atoms with Gasteiger partial charge in [-0.3, -0.25) is 14.4 Å². The number of nitrogens with one attached hydrogen (secondary N) is 1. The maximum atomic E-state index is 12.2. The molecule has 0 radical (unpaired) electrons. The van der Waals surface area contributed by atoms with Crippen molar-refractivity contribution in [1.29, 1.82) is 0 Å². The minimum atomic E-state index is -0.165. The Bertz CT molecular complexity index is 748. The third-order valence-corrected chi connectivity index (χ3v) is 3.68. The molecule has 0 saturated carbocycles. The van der Waals surface area contributed by atoms with Crippen molar-refractivity contribution in [3.8, 4) is 5.75 Å². The van der Waals surface area contributed by atoms with Gasteiger partial charge in [-0.2, -0.15) is 0 Å². The van der Waals surface area contributed by atoms with Gasteiger partial charge in [-0.25, -0.2) is 0 Å². The quantitative estimate of drug-likeness (QED) is 0.741. The van der Waals surface area contributed by atoms with E-state index >= 15 is 0 Å². The molecule has 0 saturated heterocycles. The predicted molar refractivity (Wildman–Crippen MR) is 96.3 cm³/mol. The van der Waals surface area contributed by atoms with Crippen LogP contribution in [0.5, 0.6) is 5.75 Å². The van der Waals surface area contributed by atoms with Crippen molar-refractivity contribution in [3.05, 3.63) is 59.7 Å². The molecule has 130 valence electrons. The first-order valence-electron chi connectivity index (χ1n) is 8.22. The van der Waals surface area contributed by atoms with Gasteiger partial charge in [0.1, 0.15) is 5.75 Å². The smallest absolute Gasteiger partial charge is 0.224 e. The molecule has 0 aliphatic carbocycles. The van der Waals surface area contributed by atoms with Crippen LogP contribution in [0.15, 0.2) is 48.5 Å². The molecule has 0 aliphatic rings. The van der Waals surface area contributed by atoms with Crippen molar-refractivity contribution in [2.24, 2.45) is 0 Å². The van der Waals surface area contributed by atoms with E-state index in [0.29, 0.717) is 35.4 Å². The summed E-state index contributed by atoms with van der Waals surface area (Å²) in [6.07, 6.45) is 0.852. The number of benzene rings is 2. The van der Waals surface area contributed by atoms with Crippen LogP contribution in [0, 0.1) is 0 Å². The Morgan fingerprint density at radius 3 is 1.92 bits per heavy atom. The SMILES string of the molecule is CCC(=O)Nc1ccc(C(=O)COc2ccc(C(=O)CC)cc2)cc1. The Balaban J connectivity index is 1.91. The maximum Gasteiger partial charge on any atom is 0.224 e. The molecular weight excluding hydrogens is 318 g/mol. The highest BCUT2D eigenvalue weighted by atomic mass is 16.5. The lowest BCUT2D eigenvalue weighted by molar-refractivity contribution is -0.115. The summed E-state index contributed by atoms with van der Waals surface area (Å²) in [5, 5.41) is 2.73. The average Bonchev–Trinajstić information content (AvgIpc) is 2.66. The zero-order valence-electron chi connectivity index (χ0n) is 14.4. The van der Waals surface area contributed by atoms with Crippen LogP contribution in [0.2, 0.25) is 0 Å². The number of amides is 1. The summed E-state index contributed by atoms with van der Waals surface area (Å²) >= 11 is 0. The number of ether oxygens (including phenoxy) is 1. The molecular formula is C20H21NO4. The summed E-state index contributed by atoms with van der Waals surface area (Å²) in [5.74, 6) is 0.361. The van der Waals surface area contributed by atoms with Crippen molar-refractivity contribution in [3.63, 3.8) is 0 Å². The zero-order chi connectivity index (χ0) is 18.2. The Hall–Kier alpha value is -2.95. The first-order valence-corrected chi connectivity index (χ1v) is 8.22. The fraction of sp³-hybridized carbons (Fsp3) is 0.250. The largest absolute Gasteiger partial charge is 0.485 e. The normalized spacial score (nSPS) is 10.2. The molecule has 1 amide bonds. The Morgan fingerprint density at radius 2 is 1.36 bits per heavy atom. The van der Waals surface area contributed by atoms with Crippen LogP contribution in [0.3, 0.4) is 0 Å². The number of rotatable bonds is 8. The molecule has 2 aromatic rings. The predicted octanol–water partition coefficient (Wildman–Crippen LogP) is 3.89. The average molecular weight is 339 g/mol. The van der Waals surface area contributed by atoms with Gasteiger partial charge in [-0.05, 0) is 48.5 Å². The summed E-state index contributed by atoms with van der Waals surface area (Å²) < 4.78 is 5.47. The van der Waals surface area contributed by atoms with E-state index in [-0.39, 0.29) is 24.1 Å². The molecule has 0 aromatic heterocycles. The van der Waals surface area contributed by atoms with E-state index in [1.807, 2.05) is 6.92 Å². The minimum Gasteiger partial charge on any atom is -0.485 e. The molecule has 0 atom stereocenters. The standard InChI is InChI=1S/C20H21NO4/c1-3-18(22)14-7-11-17(12-8-14)25-13-19(23)15-5-9-16(10-6-15)21-20(24)4-2/h5-12H,3-4,13H2,1-2H3,(H,21,24). The fourth-order valence-electron chi connectivity index (χ4n) is 2.16. The second kappa shape index (κ2) is 8.78. The highest BCUT2D eigenvalue weighted by molar-refractivity contribution is 5.98. The summed E-state index contributed by atoms with van der Waals surface area (Å²) in [6.45, 7) is 3.49. The fourth-order valence-corrected chi connectivity index (χ4v) is 2.16. The highest BCUT2D eigenvalue weighted by Gasteiger charge is 2.08. The molecule has 0 fully saturated rings. The molecule has 0 aliphatic heterocycles. The molecule has 0 spiro atoms. The van der Waals surface area contributed by atoms with Crippen molar-refractivity contribution < 1.29 is 19.1 Å². The summed E-state index contributed by atoms with van der Waals surface area (Å²) in [6, 6.07) is 13.4. The molecule has 1 N–H and O–H groups in total. The lowest BCUT2D eigenvalue weighted by atomic mass is 10.1. The zero-order valence-corrected chi connectivity index (χ0v) is 14.4. The molecule has 2 aromatic carbocycles. The number of hydrogen-bond donors (Lipinski definition) is 1. The molecule has 5 nitrogen and oxygen atoms in total. The Kier molecular flexibility index (Phi) is 6.46. The second-order valence-corrected chi connectivity index (χ2v) is 5.49. The Morgan fingerprint density at radius 1 is 0.800 bits per heavy atom. The molecule has 5 heteroatoms. The monoisotopic (exact) mass is 339 g/mol. The van der Waals surface area contributed by atoms with E-state index in [4.69, 9.17) is 4.74 Å². The molecule has 25 heavy (non-hydrogen) atoms. The van der Waals surface area contributed by atoms with Gasteiger partial charge in [0.2, 0.25) is 5.91 Å². The van der Waals surface area contributed by atoms with E-state index in [1.165, 1.54) is 0 Å². The van der Waals surface area contributed by atoms with E-state index in [2.05, 4.69) is 5.32 Å². The van der Waals surface area contributed by atoms with Crippen LogP contribution in [0.25, 0.3) is 0 Å². The lowest BCUT2D eigenvalue weighted by Gasteiger charge is -2.07. The minimum absolute atomic E-state index is 0.0675. The number of carbonyl (C=O) groups excluding carboxylic acids is 3. The summed E-state index contributed by atoms with van der Waals surface area (Å²) in [4.78, 5) is 35.1. The van der Waals surface area contributed by atoms with Gasteiger partial charge in [0, 0.05) is 29.7 Å². The topological polar surface area (TPSA) is 72.5 Å². The Labute approximate surface area is 147 Å². The second-order valence-electron chi connectivity index (χ2n) is 5.49. The van der Waals surface area contributed by atoms with Gasteiger partial charge in [0.15, 0.2) is 18.2 Å². The van der Waals surface area contributed by atoms with Gasteiger partial charge in [-0.1, -0.05) is 13.8 Å². The third-order valence-electron chi connectivity index (χ3n) is 3.68. The summed E-state index contributed by atoms with van der Waals surface area (Å²) in [5.41, 5.74) is 1.79. The molecule has 0 heterocycles. The van der Waals surface area contributed by atoms with Gasteiger partial charge in [0.25, 0.3) is 0 Å². The van der Waals surface area contributed by atoms with Crippen LogP contribution in [-0.2, 0) is 4.79 Å². The van der Waals surface area contributed by atoms with Crippen LogP contribution in [0.4, 0.5) is 5.69 Å². The van der Waals surface area contributed by atoms with Crippen molar-refractivity contribution in [1.82, 2.24) is 0 Å². The third kappa shape index (κ3) is 5.28. The van der Waals surface area contributed by atoms with E-state index < -0.39 is 0 Å². The molecule has 2 rings (SSSR count). The highest BCUT2D eigenvalue weighted by Crippen LogP contribution is 2.15. The summed E-state index contributed by atoms with van der Waals surface area (Å²) in [7, 11) is 0. The number of Topliss-reactive ketones (excluding diaryl/α,β-unsaturated/α-hetero) is 2. The van der Waals surface area contributed by atoms with Crippen molar-refractivity contribution in [2.75, 3.05) is 11.9 Å². The van der Waals surface area contributed by atoms with Crippen LogP contribution >= 0.6 is 0 Å². The molecule has 0 bridgehead atoms. The van der Waals surface area contributed by atoms with E-state index in [1.54, 1.807) is 55.5 Å². The number of carbonyl (C=O) groups is 3. The van der Waals surface area contributed by atoms with E-state index in [0.717, 1.165) is 0 Å². The van der Waals surface area contributed by atoms with Gasteiger partial charge >= 0.3 is 0 Å². The maximum absolute atomic E-state index is 12.2. The van der Waals surface area contributed by atoms with Crippen molar-refractivity contribution >= 4 is 23.2 Å². The van der Waals surface area contributed by atoms with Crippen LogP contribution in [0.1, 0.15) is 47.4 Å². The van der Waals surface area contributed by atoms with Gasteiger partial charge in [0.05, 0.1) is 0 Å². The lowest BCUT2D eigenvalue weighted by Crippen LogP contribution is -2.12. The van der Waals surface area contributed by atoms with Crippen LogP contribution < -0.4 is 10.1 Å². The first kappa shape index (κ1) is 18.4. The first-order chi connectivity index (χ1) is 12.0. The van der Waals surface area contributed by atoms with Gasteiger partial charge < -0.3 is 10.1 Å². The van der Waals surface area contributed by atoms with E-state index in [9.17, 15) is 14.4 Å². The van der Waals surface area contributed by atoms with Crippen LogP contribution in [-0.4, -0.2) is 24.1 Å². The van der Waals surface area contributed by atoms with Gasteiger partial charge in [-0.15, -0.1) is 0 Å². The number of anilines is 1.